The highest BCUT2D eigenvalue weighted by Crippen LogP contribution is 2.18. The van der Waals surface area contributed by atoms with Crippen LogP contribution in [0.4, 0.5) is 4.79 Å². The van der Waals surface area contributed by atoms with E-state index in [0.717, 1.165) is 24.4 Å². The van der Waals surface area contributed by atoms with Gasteiger partial charge < -0.3 is 9.64 Å². The van der Waals surface area contributed by atoms with Gasteiger partial charge in [-0.15, -0.1) is 11.3 Å². The standard InChI is InChI=1S/C10H14N2O2S/c1-8-3-2-5-12(8)10(13)14-7-9-11-4-6-15-9/h4,6,8H,2-3,5,7H2,1H3. The number of ether oxygens (including phenoxy) is 1. The largest absolute Gasteiger partial charge is 0.442 e. The molecular weight excluding hydrogens is 212 g/mol. The molecule has 0 radical (unpaired) electrons. The summed E-state index contributed by atoms with van der Waals surface area (Å²) >= 11 is 1.50. The van der Waals surface area contributed by atoms with Crippen LogP contribution in [0.2, 0.25) is 0 Å². The molecule has 2 heterocycles. The van der Waals surface area contributed by atoms with Crippen molar-refractivity contribution in [1.29, 1.82) is 0 Å². The van der Waals surface area contributed by atoms with Crippen LogP contribution in [-0.4, -0.2) is 28.6 Å². The van der Waals surface area contributed by atoms with E-state index in [9.17, 15) is 4.79 Å². The van der Waals surface area contributed by atoms with Crippen LogP contribution in [0.15, 0.2) is 11.6 Å². The molecule has 0 aromatic carbocycles. The summed E-state index contributed by atoms with van der Waals surface area (Å²) in [5.41, 5.74) is 0. The van der Waals surface area contributed by atoms with Crippen molar-refractivity contribution in [3.05, 3.63) is 16.6 Å². The van der Waals surface area contributed by atoms with Gasteiger partial charge in [0, 0.05) is 24.2 Å². The second-order valence-electron chi connectivity index (χ2n) is 3.67. The number of nitrogens with zero attached hydrogens (tertiary/aromatic N) is 2. The van der Waals surface area contributed by atoms with E-state index in [1.807, 2.05) is 5.38 Å². The highest BCUT2D eigenvalue weighted by molar-refractivity contribution is 7.09. The van der Waals surface area contributed by atoms with E-state index < -0.39 is 0 Å². The number of likely N-dealkylation sites (tertiary alicyclic amines) is 1. The number of amides is 1. The Morgan fingerprint density at radius 3 is 3.27 bits per heavy atom. The minimum atomic E-state index is -0.213. The van der Waals surface area contributed by atoms with Gasteiger partial charge in [0.2, 0.25) is 0 Å². The lowest BCUT2D eigenvalue weighted by Gasteiger charge is -2.20. The Labute approximate surface area is 92.9 Å². The highest BCUT2D eigenvalue weighted by atomic mass is 32.1. The summed E-state index contributed by atoms with van der Waals surface area (Å²) in [6, 6.07) is 0.314. The fraction of sp³-hybridized carbons (Fsp3) is 0.600. The molecule has 0 aliphatic carbocycles. The van der Waals surface area contributed by atoms with E-state index in [-0.39, 0.29) is 6.09 Å². The predicted octanol–water partition coefficient (Wildman–Crippen LogP) is 2.26. The number of carbonyl (C=O) groups is 1. The quantitative estimate of drug-likeness (QED) is 0.776. The van der Waals surface area contributed by atoms with Crippen LogP contribution in [0.1, 0.15) is 24.8 Å². The van der Waals surface area contributed by atoms with E-state index in [1.165, 1.54) is 11.3 Å². The molecule has 0 N–H and O–H groups in total. The first-order chi connectivity index (χ1) is 7.27. The summed E-state index contributed by atoms with van der Waals surface area (Å²) in [7, 11) is 0. The lowest BCUT2D eigenvalue weighted by Crippen LogP contribution is -2.33. The second-order valence-corrected chi connectivity index (χ2v) is 4.64. The average Bonchev–Trinajstić information content (AvgIpc) is 2.84. The Morgan fingerprint density at radius 1 is 1.80 bits per heavy atom. The Balaban J connectivity index is 1.82. The molecule has 4 nitrogen and oxygen atoms in total. The molecule has 0 bridgehead atoms. The maximum absolute atomic E-state index is 11.6. The number of hydrogen-bond acceptors (Lipinski definition) is 4. The zero-order valence-corrected chi connectivity index (χ0v) is 9.50. The Morgan fingerprint density at radius 2 is 2.67 bits per heavy atom. The maximum Gasteiger partial charge on any atom is 0.410 e. The number of rotatable bonds is 2. The van der Waals surface area contributed by atoms with Gasteiger partial charge in [-0.05, 0) is 19.8 Å². The molecule has 2 rings (SSSR count). The number of aromatic nitrogens is 1. The summed E-state index contributed by atoms with van der Waals surface area (Å²) in [5, 5.41) is 2.72. The number of thiazole rings is 1. The van der Waals surface area contributed by atoms with Crippen molar-refractivity contribution in [2.75, 3.05) is 6.54 Å². The van der Waals surface area contributed by atoms with Crippen LogP contribution in [0.25, 0.3) is 0 Å². The predicted molar refractivity (Wildman–Crippen MR) is 57.7 cm³/mol. The van der Waals surface area contributed by atoms with Gasteiger partial charge in [0.1, 0.15) is 11.6 Å². The van der Waals surface area contributed by atoms with E-state index in [2.05, 4.69) is 11.9 Å². The van der Waals surface area contributed by atoms with Gasteiger partial charge in [-0.25, -0.2) is 9.78 Å². The molecule has 1 aliphatic rings. The maximum atomic E-state index is 11.6. The first kappa shape index (κ1) is 10.4. The third-order valence-electron chi connectivity index (χ3n) is 2.59. The molecule has 0 spiro atoms. The molecule has 1 aliphatic heterocycles. The molecule has 1 amide bonds. The van der Waals surface area contributed by atoms with Gasteiger partial charge in [-0.1, -0.05) is 0 Å². The summed E-state index contributed by atoms with van der Waals surface area (Å²) in [5.74, 6) is 0. The third kappa shape index (κ3) is 2.47. The first-order valence-electron chi connectivity index (χ1n) is 5.09. The van der Waals surface area contributed by atoms with Crippen LogP contribution in [0, 0.1) is 0 Å². The zero-order chi connectivity index (χ0) is 10.7. The van der Waals surface area contributed by atoms with Crippen molar-refractivity contribution in [3.63, 3.8) is 0 Å². The molecule has 1 atom stereocenters. The second kappa shape index (κ2) is 4.61. The van der Waals surface area contributed by atoms with Crippen molar-refractivity contribution >= 4 is 17.4 Å². The van der Waals surface area contributed by atoms with E-state index in [0.29, 0.717) is 12.6 Å². The molecule has 0 saturated carbocycles. The smallest absolute Gasteiger partial charge is 0.410 e. The van der Waals surface area contributed by atoms with Crippen molar-refractivity contribution < 1.29 is 9.53 Å². The highest BCUT2D eigenvalue weighted by Gasteiger charge is 2.26. The Bertz CT molecular complexity index is 326. The average molecular weight is 226 g/mol. The Kier molecular flexibility index (Phi) is 3.20. The van der Waals surface area contributed by atoms with Gasteiger partial charge in [0.25, 0.3) is 0 Å². The van der Waals surface area contributed by atoms with Gasteiger partial charge in [-0.2, -0.15) is 0 Å². The molecule has 1 unspecified atom stereocenters. The van der Waals surface area contributed by atoms with Crippen molar-refractivity contribution in [2.24, 2.45) is 0 Å². The third-order valence-corrected chi connectivity index (χ3v) is 3.34. The topological polar surface area (TPSA) is 42.4 Å². The minimum Gasteiger partial charge on any atom is -0.442 e. The van der Waals surface area contributed by atoms with Crippen molar-refractivity contribution in [2.45, 2.75) is 32.4 Å². The lowest BCUT2D eigenvalue weighted by atomic mass is 10.2. The monoisotopic (exact) mass is 226 g/mol. The number of carbonyl (C=O) groups excluding carboxylic acids is 1. The summed E-state index contributed by atoms with van der Waals surface area (Å²) in [6.45, 7) is 3.16. The fourth-order valence-electron chi connectivity index (χ4n) is 1.74. The van der Waals surface area contributed by atoms with Crippen LogP contribution in [0.5, 0.6) is 0 Å². The lowest BCUT2D eigenvalue weighted by molar-refractivity contribution is 0.0944. The van der Waals surface area contributed by atoms with Crippen LogP contribution < -0.4 is 0 Å². The Hall–Kier alpha value is -1.10. The van der Waals surface area contributed by atoms with Gasteiger partial charge in [0.15, 0.2) is 0 Å². The molecule has 1 aromatic rings. The normalized spacial score (nSPS) is 20.6. The summed E-state index contributed by atoms with van der Waals surface area (Å²) in [4.78, 5) is 17.5. The SMILES string of the molecule is CC1CCCN1C(=O)OCc1nccs1. The fourth-order valence-corrected chi connectivity index (χ4v) is 2.26. The molecule has 1 saturated heterocycles. The summed E-state index contributed by atoms with van der Waals surface area (Å²) < 4.78 is 5.18. The van der Waals surface area contributed by atoms with E-state index in [1.54, 1.807) is 11.1 Å². The summed E-state index contributed by atoms with van der Waals surface area (Å²) in [6.07, 6.45) is 3.65. The molecule has 5 heteroatoms. The van der Waals surface area contributed by atoms with Gasteiger partial charge >= 0.3 is 6.09 Å². The van der Waals surface area contributed by atoms with Crippen LogP contribution in [-0.2, 0) is 11.3 Å². The van der Waals surface area contributed by atoms with Crippen LogP contribution in [0.3, 0.4) is 0 Å². The molecule has 1 fully saturated rings. The molecule has 82 valence electrons. The zero-order valence-electron chi connectivity index (χ0n) is 8.68. The van der Waals surface area contributed by atoms with Gasteiger partial charge in [-0.3, -0.25) is 0 Å². The minimum absolute atomic E-state index is 0.213. The van der Waals surface area contributed by atoms with E-state index >= 15 is 0 Å². The first-order valence-corrected chi connectivity index (χ1v) is 5.97. The van der Waals surface area contributed by atoms with Gasteiger partial charge in [0.05, 0.1) is 0 Å². The van der Waals surface area contributed by atoms with E-state index in [4.69, 9.17) is 4.74 Å². The number of hydrogen-bond donors (Lipinski definition) is 0. The van der Waals surface area contributed by atoms with Crippen LogP contribution >= 0.6 is 11.3 Å². The molecule has 1 aromatic heterocycles. The van der Waals surface area contributed by atoms with Crippen molar-refractivity contribution in [1.82, 2.24) is 9.88 Å². The molecular formula is C10H14N2O2S. The molecule has 15 heavy (non-hydrogen) atoms. The van der Waals surface area contributed by atoms with Crippen molar-refractivity contribution in [3.8, 4) is 0 Å².